The zero-order valence-corrected chi connectivity index (χ0v) is 26.0. The van der Waals surface area contributed by atoms with Crippen molar-refractivity contribution in [1.29, 1.82) is 0 Å². The molecule has 4 aromatic rings. The maximum atomic E-state index is 5.05. The van der Waals surface area contributed by atoms with Gasteiger partial charge in [-0.05, 0) is 71.6 Å². The van der Waals surface area contributed by atoms with Crippen molar-refractivity contribution in [3.63, 3.8) is 0 Å². The third kappa shape index (κ3) is 14.4. The molecular formula is C37H51NO. The summed E-state index contributed by atoms with van der Waals surface area (Å²) < 4.78 is 5.05. The molecule has 0 amide bonds. The summed E-state index contributed by atoms with van der Waals surface area (Å²) in [5, 5.41) is 0. The summed E-state index contributed by atoms with van der Waals surface area (Å²) in [6.45, 7) is 19.6. The van der Waals surface area contributed by atoms with Crippen LogP contribution in [0.5, 0.6) is 5.75 Å². The first-order valence-electron chi connectivity index (χ1n) is 14.2. The van der Waals surface area contributed by atoms with Gasteiger partial charge in [-0.15, -0.1) is 0 Å². The van der Waals surface area contributed by atoms with Gasteiger partial charge in [0.2, 0.25) is 0 Å². The van der Waals surface area contributed by atoms with E-state index in [0.29, 0.717) is 23.7 Å². The van der Waals surface area contributed by atoms with Gasteiger partial charge in [-0.3, -0.25) is 4.98 Å². The first kappa shape index (κ1) is 33.6. The van der Waals surface area contributed by atoms with E-state index < -0.39 is 0 Å². The van der Waals surface area contributed by atoms with Crippen molar-refractivity contribution in [1.82, 2.24) is 4.98 Å². The molecule has 2 nitrogen and oxygen atoms in total. The molecule has 0 spiro atoms. The number of aromatic nitrogens is 1. The summed E-state index contributed by atoms with van der Waals surface area (Å²) >= 11 is 0. The summed E-state index contributed by atoms with van der Waals surface area (Å²) in [6.07, 6.45) is 1.83. The third-order valence-corrected chi connectivity index (χ3v) is 6.27. The Morgan fingerprint density at radius 1 is 0.487 bits per heavy atom. The quantitative estimate of drug-likeness (QED) is 0.258. The Kier molecular flexibility index (Phi) is 16.2. The van der Waals surface area contributed by atoms with E-state index in [1.807, 2.05) is 42.6 Å². The molecule has 0 unspecified atom stereocenters. The first-order valence-corrected chi connectivity index (χ1v) is 14.2. The minimum absolute atomic E-state index is 0.547. The smallest absolute Gasteiger partial charge is 0.118 e. The van der Waals surface area contributed by atoms with Crippen LogP contribution in [0, 0.1) is 6.92 Å². The van der Waals surface area contributed by atoms with Crippen molar-refractivity contribution in [3.05, 3.63) is 131 Å². The lowest BCUT2D eigenvalue weighted by Crippen LogP contribution is -1.88. The Balaban J connectivity index is 0.000000261. The SMILES string of the molecule is CC(C)c1ccccc1.CC(C)c1ccccn1.COc1ccc(C(C)C)cc1.Cc1ccc(C(C)C)cc1. The monoisotopic (exact) mass is 525 g/mol. The number of methoxy groups -OCH3 is 1. The van der Waals surface area contributed by atoms with Crippen LogP contribution in [0.2, 0.25) is 0 Å². The molecule has 0 radical (unpaired) electrons. The fourth-order valence-electron chi connectivity index (χ4n) is 3.50. The Morgan fingerprint density at radius 2 is 0.923 bits per heavy atom. The molecule has 0 saturated heterocycles. The van der Waals surface area contributed by atoms with Gasteiger partial charge in [-0.1, -0.05) is 134 Å². The van der Waals surface area contributed by atoms with Crippen LogP contribution in [0.15, 0.2) is 103 Å². The molecule has 1 heterocycles. The van der Waals surface area contributed by atoms with Gasteiger partial charge in [0, 0.05) is 11.9 Å². The highest BCUT2D eigenvalue weighted by Crippen LogP contribution is 2.18. The number of aryl methyl sites for hydroxylation is 1. The lowest BCUT2D eigenvalue weighted by atomic mass is 10.0. The van der Waals surface area contributed by atoms with Crippen LogP contribution in [0.25, 0.3) is 0 Å². The first-order chi connectivity index (χ1) is 18.5. The number of hydrogen-bond acceptors (Lipinski definition) is 2. The van der Waals surface area contributed by atoms with E-state index in [1.165, 1.54) is 22.3 Å². The van der Waals surface area contributed by atoms with Crippen LogP contribution < -0.4 is 4.74 Å². The molecule has 210 valence electrons. The van der Waals surface area contributed by atoms with Crippen LogP contribution in [-0.2, 0) is 0 Å². The predicted molar refractivity (Wildman–Crippen MR) is 171 cm³/mol. The van der Waals surface area contributed by atoms with Gasteiger partial charge in [0.05, 0.1) is 7.11 Å². The second-order valence-corrected chi connectivity index (χ2v) is 11.0. The summed E-state index contributed by atoms with van der Waals surface area (Å²) in [6, 6.07) is 33.4. The van der Waals surface area contributed by atoms with Crippen molar-refractivity contribution in [3.8, 4) is 5.75 Å². The van der Waals surface area contributed by atoms with Crippen LogP contribution >= 0.6 is 0 Å². The van der Waals surface area contributed by atoms with Gasteiger partial charge >= 0.3 is 0 Å². The highest BCUT2D eigenvalue weighted by Gasteiger charge is 1.98. The number of nitrogens with zero attached hydrogens (tertiary/aromatic N) is 1. The largest absolute Gasteiger partial charge is 0.497 e. The molecule has 0 saturated carbocycles. The van der Waals surface area contributed by atoms with E-state index in [4.69, 9.17) is 4.74 Å². The van der Waals surface area contributed by atoms with E-state index in [-0.39, 0.29) is 0 Å². The average molecular weight is 526 g/mol. The molecule has 39 heavy (non-hydrogen) atoms. The van der Waals surface area contributed by atoms with Gasteiger partial charge in [-0.25, -0.2) is 0 Å². The Bertz CT molecular complexity index is 1070. The molecule has 0 bridgehead atoms. The zero-order valence-electron chi connectivity index (χ0n) is 26.0. The number of rotatable bonds is 5. The lowest BCUT2D eigenvalue weighted by Gasteiger charge is -2.05. The van der Waals surface area contributed by atoms with Crippen LogP contribution in [-0.4, -0.2) is 12.1 Å². The van der Waals surface area contributed by atoms with Crippen molar-refractivity contribution < 1.29 is 4.74 Å². The summed E-state index contributed by atoms with van der Waals surface area (Å²) in [5.41, 5.74) is 6.69. The molecular weight excluding hydrogens is 474 g/mol. The molecule has 0 atom stereocenters. The molecule has 1 aromatic heterocycles. The van der Waals surface area contributed by atoms with Gasteiger partial charge in [0.25, 0.3) is 0 Å². The molecule has 0 fully saturated rings. The Morgan fingerprint density at radius 3 is 1.26 bits per heavy atom. The summed E-state index contributed by atoms with van der Waals surface area (Å²) in [5.74, 6) is 3.38. The van der Waals surface area contributed by atoms with E-state index in [0.717, 1.165) is 11.4 Å². The van der Waals surface area contributed by atoms with Gasteiger partial charge in [-0.2, -0.15) is 0 Å². The second-order valence-electron chi connectivity index (χ2n) is 11.0. The van der Waals surface area contributed by atoms with Crippen molar-refractivity contribution in [2.45, 2.75) is 86.0 Å². The normalized spacial score (nSPS) is 10.2. The molecule has 2 heteroatoms. The predicted octanol–water partition coefficient (Wildman–Crippen LogP) is 11.0. The van der Waals surface area contributed by atoms with E-state index in [2.05, 4.69) is 128 Å². The minimum atomic E-state index is 0.547. The third-order valence-electron chi connectivity index (χ3n) is 6.27. The molecule has 4 rings (SSSR count). The van der Waals surface area contributed by atoms with Crippen LogP contribution in [0.1, 0.15) is 107 Å². The fourth-order valence-corrected chi connectivity index (χ4v) is 3.50. The molecule has 0 N–H and O–H groups in total. The Hall–Kier alpha value is -3.39. The topological polar surface area (TPSA) is 22.1 Å². The molecule has 0 aliphatic heterocycles. The van der Waals surface area contributed by atoms with Gasteiger partial charge in [0.1, 0.15) is 5.75 Å². The van der Waals surface area contributed by atoms with Gasteiger partial charge < -0.3 is 4.74 Å². The van der Waals surface area contributed by atoms with Crippen molar-refractivity contribution >= 4 is 0 Å². The average Bonchev–Trinajstić information content (AvgIpc) is 2.95. The summed E-state index contributed by atoms with van der Waals surface area (Å²) in [4.78, 5) is 4.18. The minimum Gasteiger partial charge on any atom is -0.497 e. The van der Waals surface area contributed by atoms with Crippen molar-refractivity contribution in [2.75, 3.05) is 7.11 Å². The standard InChI is InChI=1S/C10H14O.C10H14.C9H12.C8H11N/c1-8(2)9-4-6-10(11-3)7-5-9;1-8(2)10-6-4-9(3)5-7-10;1-8(2)9-6-4-3-5-7-9;1-7(2)8-5-3-4-6-9-8/h4-8H,1-3H3;4-8H,1-3H3;3-8H,1-2H3;3-7H,1-2H3. The fraction of sp³-hybridized carbons (Fsp3) is 0.378. The van der Waals surface area contributed by atoms with Crippen molar-refractivity contribution in [2.24, 2.45) is 0 Å². The highest BCUT2D eigenvalue weighted by molar-refractivity contribution is 5.28. The molecule has 0 aliphatic rings. The van der Waals surface area contributed by atoms with Gasteiger partial charge in [0.15, 0.2) is 0 Å². The maximum Gasteiger partial charge on any atom is 0.118 e. The maximum absolute atomic E-state index is 5.05. The van der Waals surface area contributed by atoms with E-state index in [1.54, 1.807) is 7.11 Å². The molecule has 3 aromatic carbocycles. The summed E-state index contributed by atoms with van der Waals surface area (Å²) in [7, 11) is 1.68. The number of benzene rings is 3. The number of ether oxygens (including phenoxy) is 1. The number of pyridine rings is 1. The van der Waals surface area contributed by atoms with E-state index in [9.17, 15) is 0 Å². The lowest BCUT2D eigenvalue weighted by molar-refractivity contribution is 0.414. The Labute approximate surface area is 239 Å². The highest BCUT2D eigenvalue weighted by atomic mass is 16.5. The number of hydrogen-bond donors (Lipinski definition) is 0. The molecule has 0 aliphatic carbocycles. The van der Waals surface area contributed by atoms with Crippen LogP contribution in [0.3, 0.4) is 0 Å². The van der Waals surface area contributed by atoms with E-state index >= 15 is 0 Å². The van der Waals surface area contributed by atoms with Crippen LogP contribution in [0.4, 0.5) is 0 Å². The zero-order chi connectivity index (χ0) is 29.2. The second kappa shape index (κ2) is 18.8.